The van der Waals surface area contributed by atoms with Gasteiger partial charge in [-0.15, -0.1) is 11.3 Å². The van der Waals surface area contributed by atoms with Crippen LogP contribution in [0.3, 0.4) is 0 Å². The van der Waals surface area contributed by atoms with Gasteiger partial charge in [-0.05, 0) is 19.8 Å². The largest absolute Gasteiger partial charge is 0.451 e. The standard InChI is InChI=1S/C15H19N3O3S/c1-11-13(22-10-17-11)14(20)21-8-12(19)18(2)15(9-16)6-4-3-5-7-15/h10H,3-8H2,1-2H3. The first-order valence-corrected chi connectivity index (χ1v) is 8.13. The van der Waals surface area contributed by atoms with Gasteiger partial charge in [0.2, 0.25) is 0 Å². The zero-order valence-electron chi connectivity index (χ0n) is 12.8. The van der Waals surface area contributed by atoms with Gasteiger partial charge < -0.3 is 9.64 Å². The molecule has 1 amide bonds. The summed E-state index contributed by atoms with van der Waals surface area (Å²) in [4.78, 5) is 30.0. The molecule has 0 atom stereocenters. The van der Waals surface area contributed by atoms with Crippen LogP contribution in [0.25, 0.3) is 0 Å². The van der Waals surface area contributed by atoms with E-state index in [4.69, 9.17) is 4.74 Å². The lowest BCUT2D eigenvalue weighted by atomic mass is 9.81. The second-order valence-corrected chi connectivity index (χ2v) is 6.35. The Kier molecular flexibility index (Phi) is 5.14. The average Bonchev–Trinajstić information content (AvgIpc) is 2.98. The van der Waals surface area contributed by atoms with Crippen molar-refractivity contribution in [1.82, 2.24) is 9.88 Å². The van der Waals surface area contributed by atoms with Crippen molar-refractivity contribution in [2.24, 2.45) is 0 Å². The second kappa shape index (κ2) is 6.88. The van der Waals surface area contributed by atoms with Gasteiger partial charge in [-0.2, -0.15) is 5.26 Å². The number of rotatable bonds is 4. The van der Waals surface area contributed by atoms with E-state index in [9.17, 15) is 14.9 Å². The van der Waals surface area contributed by atoms with Crippen molar-refractivity contribution in [3.8, 4) is 6.07 Å². The van der Waals surface area contributed by atoms with Crippen LogP contribution in [0.15, 0.2) is 5.51 Å². The maximum atomic E-state index is 12.3. The quantitative estimate of drug-likeness (QED) is 0.795. The summed E-state index contributed by atoms with van der Waals surface area (Å²) in [5.41, 5.74) is 1.39. The van der Waals surface area contributed by atoms with E-state index < -0.39 is 11.5 Å². The Labute approximate surface area is 133 Å². The van der Waals surface area contributed by atoms with Crippen molar-refractivity contribution in [2.45, 2.75) is 44.6 Å². The highest BCUT2D eigenvalue weighted by Gasteiger charge is 2.39. The van der Waals surface area contributed by atoms with Crippen LogP contribution in [0.1, 0.15) is 47.5 Å². The Bertz CT molecular complexity index is 599. The van der Waals surface area contributed by atoms with E-state index >= 15 is 0 Å². The van der Waals surface area contributed by atoms with Crippen LogP contribution in [0.4, 0.5) is 0 Å². The van der Waals surface area contributed by atoms with Gasteiger partial charge in [0, 0.05) is 7.05 Å². The van der Waals surface area contributed by atoms with Crippen molar-refractivity contribution in [2.75, 3.05) is 13.7 Å². The number of carbonyl (C=O) groups is 2. The third-order valence-corrected chi connectivity index (χ3v) is 5.07. The van der Waals surface area contributed by atoms with Crippen molar-refractivity contribution < 1.29 is 14.3 Å². The fourth-order valence-electron chi connectivity index (χ4n) is 2.69. The summed E-state index contributed by atoms with van der Waals surface area (Å²) in [6.45, 7) is 1.36. The molecule has 0 saturated heterocycles. The van der Waals surface area contributed by atoms with Gasteiger partial charge >= 0.3 is 5.97 Å². The molecule has 1 aliphatic rings. The predicted octanol–water partition coefficient (Wildman–Crippen LogP) is 2.29. The molecule has 1 fully saturated rings. The van der Waals surface area contributed by atoms with Crippen LogP contribution in [-0.4, -0.2) is 41.0 Å². The predicted molar refractivity (Wildman–Crippen MR) is 81.3 cm³/mol. The van der Waals surface area contributed by atoms with E-state index in [1.54, 1.807) is 19.5 Å². The van der Waals surface area contributed by atoms with Gasteiger partial charge in [-0.3, -0.25) is 4.79 Å². The number of hydrogen-bond donors (Lipinski definition) is 0. The highest BCUT2D eigenvalue weighted by molar-refractivity contribution is 7.11. The topological polar surface area (TPSA) is 83.3 Å². The smallest absolute Gasteiger partial charge is 0.350 e. The number of aryl methyl sites for hydroxylation is 1. The fraction of sp³-hybridized carbons (Fsp3) is 0.600. The molecule has 0 N–H and O–H groups in total. The first-order valence-electron chi connectivity index (χ1n) is 7.25. The number of carbonyl (C=O) groups excluding carboxylic acids is 2. The minimum Gasteiger partial charge on any atom is -0.451 e. The average molecular weight is 321 g/mol. The second-order valence-electron chi connectivity index (χ2n) is 5.50. The molecule has 1 aromatic heterocycles. The van der Waals surface area contributed by atoms with Gasteiger partial charge in [0.25, 0.3) is 5.91 Å². The molecule has 1 saturated carbocycles. The van der Waals surface area contributed by atoms with E-state index in [0.29, 0.717) is 23.4 Å². The summed E-state index contributed by atoms with van der Waals surface area (Å²) >= 11 is 1.19. The van der Waals surface area contributed by atoms with Crippen LogP contribution >= 0.6 is 11.3 Å². The van der Waals surface area contributed by atoms with Crippen molar-refractivity contribution in [3.05, 3.63) is 16.1 Å². The lowest BCUT2D eigenvalue weighted by Gasteiger charge is -2.38. The van der Waals surface area contributed by atoms with Crippen molar-refractivity contribution >= 4 is 23.2 Å². The molecule has 0 radical (unpaired) electrons. The molecule has 0 spiro atoms. The molecule has 0 bridgehead atoms. The zero-order chi connectivity index (χ0) is 16.2. The monoisotopic (exact) mass is 321 g/mol. The number of nitrogens with zero attached hydrogens (tertiary/aromatic N) is 3. The first-order chi connectivity index (χ1) is 10.5. The molecule has 0 unspecified atom stereocenters. The Morgan fingerprint density at radius 2 is 2.14 bits per heavy atom. The normalized spacial score (nSPS) is 16.6. The third-order valence-electron chi connectivity index (χ3n) is 4.16. The Morgan fingerprint density at radius 1 is 1.45 bits per heavy atom. The van der Waals surface area contributed by atoms with Crippen molar-refractivity contribution in [1.29, 1.82) is 5.26 Å². The number of thiazole rings is 1. The highest BCUT2D eigenvalue weighted by Crippen LogP contribution is 2.32. The summed E-state index contributed by atoms with van der Waals surface area (Å²) in [5, 5.41) is 9.47. The summed E-state index contributed by atoms with van der Waals surface area (Å²) in [6, 6.07) is 2.28. The van der Waals surface area contributed by atoms with E-state index in [1.165, 1.54) is 16.2 Å². The molecule has 7 heteroatoms. The first kappa shape index (κ1) is 16.4. The fourth-order valence-corrected chi connectivity index (χ4v) is 3.38. The number of hydrogen-bond acceptors (Lipinski definition) is 6. The van der Waals surface area contributed by atoms with Crippen LogP contribution in [0, 0.1) is 18.3 Å². The Morgan fingerprint density at radius 3 is 2.68 bits per heavy atom. The Balaban J connectivity index is 1.95. The molecule has 118 valence electrons. The Hall–Kier alpha value is -1.94. The molecule has 6 nitrogen and oxygen atoms in total. The summed E-state index contributed by atoms with van der Waals surface area (Å²) < 4.78 is 5.06. The van der Waals surface area contributed by atoms with Crippen LogP contribution in [0.2, 0.25) is 0 Å². The van der Waals surface area contributed by atoms with Crippen LogP contribution in [0.5, 0.6) is 0 Å². The van der Waals surface area contributed by atoms with Gasteiger partial charge in [0.05, 0.1) is 17.3 Å². The number of aromatic nitrogens is 1. The minimum absolute atomic E-state index is 0.348. The van der Waals surface area contributed by atoms with Crippen LogP contribution < -0.4 is 0 Å². The lowest BCUT2D eigenvalue weighted by molar-refractivity contribution is -0.138. The van der Waals surface area contributed by atoms with E-state index in [0.717, 1.165) is 19.3 Å². The molecule has 0 aromatic carbocycles. The van der Waals surface area contributed by atoms with Gasteiger partial charge in [-0.25, -0.2) is 9.78 Å². The van der Waals surface area contributed by atoms with E-state index in [1.807, 2.05) is 0 Å². The molecule has 0 aliphatic heterocycles. The molecular formula is C15H19N3O3S. The maximum absolute atomic E-state index is 12.3. The van der Waals surface area contributed by atoms with Gasteiger partial charge in [-0.1, -0.05) is 19.3 Å². The third kappa shape index (κ3) is 3.28. The van der Waals surface area contributed by atoms with Gasteiger partial charge in [0.1, 0.15) is 10.4 Å². The zero-order valence-corrected chi connectivity index (χ0v) is 13.6. The van der Waals surface area contributed by atoms with Crippen LogP contribution in [-0.2, 0) is 9.53 Å². The minimum atomic E-state index is -0.762. The molecule has 1 aliphatic carbocycles. The maximum Gasteiger partial charge on any atom is 0.350 e. The SMILES string of the molecule is Cc1ncsc1C(=O)OCC(=O)N(C)C1(C#N)CCCCC1. The summed E-state index contributed by atoms with van der Waals surface area (Å²) in [5.74, 6) is -0.893. The molecule has 2 rings (SSSR count). The molecule has 1 aromatic rings. The number of ether oxygens (including phenoxy) is 1. The molecular weight excluding hydrogens is 302 g/mol. The lowest BCUT2D eigenvalue weighted by Crippen LogP contribution is -2.51. The summed E-state index contributed by atoms with van der Waals surface area (Å²) in [7, 11) is 1.61. The summed E-state index contributed by atoms with van der Waals surface area (Å²) in [6.07, 6.45) is 4.31. The highest BCUT2D eigenvalue weighted by atomic mass is 32.1. The van der Waals surface area contributed by atoms with E-state index in [-0.39, 0.29) is 12.5 Å². The number of nitriles is 1. The molecule has 22 heavy (non-hydrogen) atoms. The van der Waals surface area contributed by atoms with E-state index in [2.05, 4.69) is 11.1 Å². The number of amides is 1. The molecule has 1 heterocycles. The number of esters is 1. The van der Waals surface area contributed by atoms with Gasteiger partial charge in [0.15, 0.2) is 6.61 Å². The van der Waals surface area contributed by atoms with Crippen molar-refractivity contribution in [3.63, 3.8) is 0 Å². The number of likely N-dealkylation sites (N-methyl/N-ethyl adjacent to an activating group) is 1.